The van der Waals surface area contributed by atoms with Crippen LogP contribution in [-0.2, 0) is 16.6 Å². The Morgan fingerprint density at radius 3 is 2.86 bits per heavy atom. The van der Waals surface area contributed by atoms with Gasteiger partial charge in [-0.3, -0.25) is 4.79 Å². The van der Waals surface area contributed by atoms with Crippen LogP contribution in [0.25, 0.3) is 0 Å². The number of piperidine rings is 1. The van der Waals surface area contributed by atoms with Crippen molar-refractivity contribution in [2.75, 3.05) is 19.6 Å². The fraction of sp³-hybridized carbons (Fsp3) is 0.480. The molecular formula is C25H29BrN2O. The largest absolute Gasteiger partial charge is 0.342 e. The van der Waals surface area contributed by atoms with Gasteiger partial charge in [-0.2, -0.15) is 0 Å². The lowest BCUT2D eigenvalue weighted by Gasteiger charge is -2.48. The van der Waals surface area contributed by atoms with Gasteiger partial charge in [-0.05, 0) is 66.8 Å². The second-order valence-corrected chi connectivity index (χ2v) is 10.0. The van der Waals surface area contributed by atoms with Gasteiger partial charge in [-0.1, -0.05) is 52.3 Å². The number of carbonyl (C=O) groups excluding carboxylic acids is 1. The SMILES string of the molecule is O=CN1CCC(c2ccccc2)CC1[C@@H]1CNC[C@]12CCCc1ccc(Br)cc12. The molecule has 0 bridgehead atoms. The number of hydrogen-bond acceptors (Lipinski definition) is 2. The smallest absolute Gasteiger partial charge is 0.209 e. The molecule has 1 N–H and O–H groups in total. The molecule has 2 aliphatic heterocycles. The third-order valence-electron chi connectivity index (χ3n) is 7.75. The van der Waals surface area contributed by atoms with Crippen LogP contribution in [-0.4, -0.2) is 37.0 Å². The fourth-order valence-corrected chi connectivity index (χ4v) is 6.74. The maximum atomic E-state index is 12.0. The van der Waals surface area contributed by atoms with Gasteiger partial charge in [-0.15, -0.1) is 0 Å². The lowest BCUT2D eigenvalue weighted by atomic mass is 9.61. The Morgan fingerprint density at radius 1 is 1.17 bits per heavy atom. The Bertz CT molecular complexity index is 886. The molecule has 152 valence electrons. The van der Waals surface area contributed by atoms with Crippen molar-refractivity contribution in [2.24, 2.45) is 5.92 Å². The highest BCUT2D eigenvalue weighted by Gasteiger charge is 2.51. The maximum absolute atomic E-state index is 12.0. The number of carbonyl (C=O) groups is 1. The number of halogens is 1. The number of rotatable bonds is 3. The zero-order valence-corrected chi connectivity index (χ0v) is 18.4. The van der Waals surface area contributed by atoms with Gasteiger partial charge in [0.2, 0.25) is 6.41 Å². The van der Waals surface area contributed by atoms with Crippen LogP contribution in [0.1, 0.15) is 48.3 Å². The van der Waals surface area contributed by atoms with E-state index in [-0.39, 0.29) is 5.41 Å². The molecule has 3 aliphatic rings. The van der Waals surface area contributed by atoms with Crippen molar-refractivity contribution < 1.29 is 4.79 Å². The lowest BCUT2D eigenvalue weighted by Crippen LogP contribution is -2.52. The number of nitrogens with zero attached hydrogens (tertiary/aromatic N) is 1. The zero-order valence-electron chi connectivity index (χ0n) is 16.8. The van der Waals surface area contributed by atoms with E-state index in [0.29, 0.717) is 17.9 Å². The van der Waals surface area contributed by atoms with E-state index in [2.05, 4.69) is 74.7 Å². The lowest BCUT2D eigenvalue weighted by molar-refractivity contribution is -0.123. The molecule has 0 saturated carbocycles. The van der Waals surface area contributed by atoms with E-state index in [4.69, 9.17) is 0 Å². The summed E-state index contributed by atoms with van der Waals surface area (Å²) in [6.45, 7) is 2.90. The Balaban J connectivity index is 1.51. The predicted molar refractivity (Wildman–Crippen MR) is 120 cm³/mol. The van der Waals surface area contributed by atoms with Gasteiger partial charge in [0.05, 0.1) is 0 Å². The molecule has 5 rings (SSSR count). The van der Waals surface area contributed by atoms with E-state index in [0.717, 1.165) is 38.9 Å². The van der Waals surface area contributed by atoms with Gasteiger partial charge in [0.25, 0.3) is 0 Å². The first-order valence-electron chi connectivity index (χ1n) is 11.0. The van der Waals surface area contributed by atoms with Crippen molar-refractivity contribution >= 4 is 22.3 Å². The van der Waals surface area contributed by atoms with Gasteiger partial charge >= 0.3 is 0 Å². The molecule has 0 aromatic heterocycles. The number of aryl methyl sites for hydroxylation is 1. The molecule has 1 amide bonds. The zero-order chi connectivity index (χ0) is 19.8. The number of fused-ring (bicyclic) bond motifs is 2. The molecular weight excluding hydrogens is 424 g/mol. The Kier molecular flexibility index (Phi) is 5.25. The van der Waals surface area contributed by atoms with Crippen LogP contribution in [0.3, 0.4) is 0 Å². The summed E-state index contributed by atoms with van der Waals surface area (Å²) in [6, 6.07) is 18.0. The summed E-state index contributed by atoms with van der Waals surface area (Å²) in [4.78, 5) is 14.2. The minimum Gasteiger partial charge on any atom is -0.342 e. The van der Waals surface area contributed by atoms with E-state index in [1.807, 2.05) is 0 Å². The second-order valence-electron chi connectivity index (χ2n) is 9.09. The van der Waals surface area contributed by atoms with Crippen molar-refractivity contribution in [1.29, 1.82) is 0 Å². The van der Waals surface area contributed by atoms with Crippen molar-refractivity contribution in [3.05, 3.63) is 69.7 Å². The average Bonchev–Trinajstić information content (AvgIpc) is 3.18. The number of nitrogens with one attached hydrogen (secondary N) is 1. The standard InChI is InChI=1S/C25H29BrN2O/c26-21-9-8-19-7-4-11-25(22(19)14-21)16-27-15-23(25)24-13-20(10-12-28(24)17-29)18-5-2-1-3-6-18/h1-3,5-6,8-9,14,17,20,23-24,27H,4,7,10-13,15-16H2/t20?,23-,24?,25-/m0/s1. The maximum Gasteiger partial charge on any atom is 0.209 e. The first-order valence-corrected chi connectivity index (χ1v) is 11.8. The molecule has 2 aromatic carbocycles. The summed E-state index contributed by atoms with van der Waals surface area (Å²) < 4.78 is 1.17. The summed E-state index contributed by atoms with van der Waals surface area (Å²) in [7, 11) is 0. The molecule has 2 unspecified atom stereocenters. The Labute approximate surface area is 182 Å². The molecule has 1 spiro atoms. The molecule has 3 nitrogen and oxygen atoms in total. The molecule has 2 saturated heterocycles. The fourth-order valence-electron chi connectivity index (χ4n) is 6.38. The van der Waals surface area contributed by atoms with Crippen LogP contribution >= 0.6 is 15.9 Å². The number of benzene rings is 2. The van der Waals surface area contributed by atoms with Crippen molar-refractivity contribution in [2.45, 2.75) is 49.5 Å². The van der Waals surface area contributed by atoms with Crippen LogP contribution in [0.2, 0.25) is 0 Å². The third-order valence-corrected chi connectivity index (χ3v) is 8.24. The molecule has 2 aromatic rings. The van der Waals surface area contributed by atoms with Crippen LogP contribution in [0, 0.1) is 5.92 Å². The second kappa shape index (κ2) is 7.88. The molecule has 29 heavy (non-hydrogen) atoms. The normalized spacial score (nSPS) is 31.6. The Hall–Kier alpha value is -1.65. The molecule has 4 heteroatoms. The molecule has 2 heterocycles. The van der Waals surface area contributed by atoms with E-state index in [1.54, 1.807) is 0 Å². The molecule has 2 fully saturated rings. The van der Waals surface area contributed by atoms with Gasteiger partial charge in [0.1, 0.15) is 0 Å². The first-order chi connectivity index (χ1) is 14.2. The van der Waals surface area contributed by atoms with Gasteiger partial charge in [0, 0.05) is 41.5 Å². The van der Waals surface area contributed by atoms with Crippen molar-refractivity contribution in [3.63, 3.8) is 0 Å². The van der Waals surface area contributed by atoms with E-state index in [1.165, 1.54) is 40.4 Å². The summed E-state index contributed by atoms with van der Waals surface area (Å²) >= 11 is 3.72. The minimum atomic E-state index is 0.141. The van der Waals surface area contributed by atoms with Gasteiger partial charge in [-0.25, -0.2) is 0 Å². The van der Waals surface area contributed by atoms with Crippen LogP contribution in [0.15, 0.2) is 53.0 Å². The first kappa shape index (κ1) is 19.3. The highest BCUT2D eigenvalue weighted by molar-refractivity contribution is 9.10. The molecule has 4 atom stereocenters. The molecule has 1 aliphatic carbocycles. The monoisotopic (exact) mass is 452 g/mol. The number of amides is 1. The number of hydrogen-bond donors (Lipinski definition) is 1. The van der Waals surface area contributed by atoms with E-state index < -0.39 is 0 Å². The Morgan fingerprint density at radius 2 is 2.03 bits per heavy atom. The van der Waals surface area contributed by atoms with Crippen LogP contribution < -0.4 is 5.32 Å². The summed E-state index contributed by atoms with van der Waals surface area (Å²) in [5.74, 6) is 1.01. The van der Waals surface area contributed by atoms with E-state index >= 15 is 0 Å². The summed E-state index contributed by atoms with van der Waals surface area (Å²) in [5, 5.41) is 3.73. The van der Waals surface area contributed by atoms with Crippen LogP contribution in [0.5, 0.6) is 0 Å². The topological polar surface area (TPSA) is 32.3 Å². The van der Waals surface area contributed by atoms with Crippen LogP contribution in [0.4, 0.5) is 0 Å². The minimum absolute atomic E-state index is 0.141. The summed E-state index contributed by atoms with van der Waals surface area (Å²) in [6.07, 6.45) is 6.87. The number of likely N-dealkylation sites (tertiary alicyclic amines) is 1. The molecule has 0 radical (unpaired) electrons. The quantitative estimate of drug-likeness (QED) is 0.687. The highest BCUT2D eigenvalue weighted by Crippen LogP contribution is 2.50. The highest BCUT2D eigenvalue weighted by atomic mass is 79.9. The average molecular weight is 453 g/mol. The van der Waals surface area contributed by atoms with E-state index in [9.17, 15) is 4.79 Å². The third kappa shape index (κ3) is 3.34. The summed E-state index contributed by atoms with van der Waals surface area (Å²) in [5.41, 5.74) is 4.58. The van der Waals surface area contributed by atoms with Gasteiger partial charge < -0.3 is 10.2 Å². The van der Waals surface area contributed by atoms with Crippen molar-refractivity contribution in [3.8, 4) is 0 Å². The predicted octanol–water partition coefficient (Wildman–Crippen LogP) is 4.65. The van der Waals surface area contributed by atoms with Gasteiger partial charge in [0.15, 0.2) is 0 Å². The van der Waals surface area contributed by atoms with Crippen molar-refractivity contribution in [1.82, 2.24) is 10.2 Å².